The molecule has 0 aliphatic carbocycles. The first-order chi connectivity index (χ1) is 5.07. The first kappa shape index (κ1) is 10.3. The van der Waals surface area contributed by atoms with Gasteiger partial charge in [-0.15, -0.1) is 0 Å². The maximum atomic E-state index is 10.2. The molecule has 2 atom stereocenters. The topological polar surface area (TPSA) is 95.6 Å². The van der Waals surface area contributed by atoms with E-state index in [4.69, 9.17) is 15.9 Å². The fraction of sp³-hybridized carbons (Fsp3) is 0.833. The highest BCUT2D eigenvalue weighted by atomic mass is 16.4. The Morgan fingerprint density at radius 1 is 1.73 bits per heavy atom. The number of carboxylic acid groups (broad SMARTS) is 1. The number of aliphatic carboxylic acids is 1. The Balaban J connectivity index is 3.45. The van der Waals surface area contributed by atoms with Gasteiger partial charge in [-0.2, -0.15) is 0 Å². The van der Waals surface area contributed by atoms with Crippen molar-refractivity contribution in [2.45, 2.75) is 19.1 Å². The van der Waals surface area contributed by atoms with Crippen LogP contribution in [0.15, 0.2) is 0 Å². The summed E-state index contributed by atoms with van der Waals surface area (Å²) in [6, 6.07) is -0.642. The van der Waals surface area contributed by atoms with Crippen LogP contribution in [0.25, 0.3) is 0 Å². The number of hydrogen-bond acceptors (Lipinski definition) is 4. The number of carbonyl (C=O) groups is 1. The van der Waals surface area contributed by atoms with Gasteiger partial charge in [0.1, 0.15) is 6.04 Å². The number of aliphatic hydroxyl groups excluding tert-OH is 1. The van der Waals surface area contributed by atoms with Crippen LogP contribution in [0.4, 0.5) is 0 Å². The third-order valence-electron chi connectivity index (χ3n) is 1.30. The number of carboxylic acids is 1. The lowest BCUT2D eigenvalue weighted by Crippen LogP contribution is -2.41. The van der Waals surface area contributed by atoms with Crippen molar-refractivity contribution < 1.29 is 15.0 Å². The molecule has 0 aromatic heterocycles. The van der Waals surface area contributed by atoms with Gasteiger partial charge in [0, 0.05) is 13.1 Å². The zero-order chi connectivity index (χ0) is 8.85. The summed E-state index contributed by atoms with van der Waals surface area (Å²) in [5.41, 5.74) is 5.10. The van der Waals surface area contributed by atoms with Gasteiger partial charge in [-0.1, -0.05) is 0 Å². The molecule has 0 radical (unpaired) electrons. The first-order valence-electron chi connectivity index (χ1n) is 3.42. The van der Waals surface area contributed by atoms with E-state index in [1.165, 1.54) is 6.92 Å². The monoisotopic (exact) mass is 162 g/mol. The summed E-state index contributed by atoms with van der Waals surface area (Å²) in [7, 11) is 0. The minimum atomic E-state index is -0.936. The maximum Gasteiger partial charge on any atom is 0.320 e. The molecule has 1 unspecified atom stereocenters. The van der Waals surface area contributed by atoms with E-state index >= 15 is 0 Å². The third kappa shape index (κ3) is 4.72. The standard InChI is InChI=1S/C6H14N2O3/c1-4(6(10)11)8-3-5(9)2-7/h4-5,8-9H,2-3,7H2,1H3,(H,10,11)/t4-,5?/m0/s1. The maximum absolute atomic E-state index is 10.2. The van der Waals surface area contributed by atoms with Crippen LogP contribution in [0.1, 0.15) is 6.92 Å². The quantitative estimate of drug-likeness (QED) is 0.389. The summed E-state index contributed by atoms with van der Waals surface area (Å²) < 4.78 is 0. The number of rotatable bonds is 5. The van der Waals surface area contributed by atoms with E-state index in [1.54, 1.807) is 0 Å². The number of nitrogens with two attached hydrogens (primary N) is 1. The highest BCUT2D eigenvalue weighted by molar-refractivity contribution is 5.72. The molecule has 0 fully saturated rings. The van der Waals surface area contributed by atoms with E-state index in [9.17, 15) is 4.79 Å². The second-order valence-electron chi connectivity index (χ2n) is 2.36. The number of nitrogens with one attached hydrogen (secondary N) is 1. The van der Waals surface area contributed by atoms with Crippen LogP contribution >= 0.6 is 0 Å². The van der Waals surface area contributed by atoms with Crippen molar-refractivity contribution in [3.8, 4) is 0 Å². The second-order valence-corrected chi connectivity index (χ2v) is 2.36. The predicted octanol–water partition coefficient (Wildman–Crippen LogP) is -1.63. The van der Waals surface area contributed by atoms with Crippen LogP contribution in [0, 0.1) is 0 Å². The van der Waals surface area contributed by atoms with Gasteiger partial charge in [0.2, 0.25) is 0 Å². The van der Waals surface area contributed by atoms with Crippen molar-refractivity contribution in [1.82, 2.24) is 5.32 Å². The van der Waals surface area contributed by atoms with Gasteiger partial charge < -0.3 is 21.3 Å². The molecule has 5 heteroatoms. The molecule has 0 amide bonds. The van der Waals surface area contributed by atoms with Gasteiger partial charge in [-0.05, 0) is 6.92 Å². The van der Waals surface area contributed by atoms with Crippen LogP contribution in [0.5, 0.6) is 0 Å². The molecule has 66 valence electrons. The Bertz CT molecular complexity index is 129. The molecule has 0 heterocycles. The molecule has 0 rings (SSSR count). The van der Waals surface area contributed by atoms with E-state index in [0.717, 1.165) is 0 Å². The lowest BCUT2D eigenvalue weighted by atomic mass is 10.3. The Hall–Kier alpha value is -0.650. The minimum Gasteiger partial charge on any atom is -0.480 e. The van der Waals surface area contributed by atoms with E-state index in [1.807, 2.05) is 0 Å². The van der Waals surface area contributed by atoms with Crippen LogP contribution in [-0.4, -0.2) is 41.4 Å². The molecule has 0 bridgehead atoms. The predicted molar refractivity (Wildman–Crippen MR) is 40.2 cm³/mol. The molecule has 0 saturated heterocycles. The molecule has 0 aliphatic rings. The third-order valence-corrected chi connectivity index (χ3v) is 1.30. The van der Waals surface area contributed by atoms with Gasteiger partial charge in [0.05, 0.1) is 6.10 Å². The molecular formula is C6H14N2O3. The van der Waals surface area contributed by atoms with E-state index in [-0.39, 0.29) is 13.1 Å². The van der Waals surface area contributed by atoms with Crippen LogP contribution in [-0.2, 0) is 4.79 Å². The Kier molecular flexibility index (Phi) is 4.76. The number of aliphatic hydroxyl groups is 1. The number of hydrogen-bond donors (Lipinski definition) is 4. The first-order valence-corrected chi connectivity index (χ1v) is 3.42. The average Bonchev–Trinajstić information content (AvgIpc) is 1.99. The van der Waals surface area contributed by atoms with Crippen molar-refractivity contribution in [2.75, 3.05) is 13.1 Å². The molecular weight excluding hydrogens is 148 g/mol. The minimum absolute atomic E-state index is 0.138. The van der Waals surface area contributed by atoms with Gasteiger partial charge >= 0.3 is 5.97 Å². The smallest absolute Gasteiger partial charge is 0.320 e. The Labute approximate surface area is 65.2 Å². The molecule has 11 heavy (non-hydrogen) atoms. The van der Waals surface area contributed by atoms with Crippen molar-refractivity contribution in [3.63, 3.8) is 0 Å². The Morgan fingerprint density at radius 2 is 2.27 bits per heavy atom. The molecule has 0 saturated carbocycles. The van der Waals surface area contributed by atoms with Crippen molar-refractivity contribution in [2.24, 2.45) is 5.73 Å². The molecule has 5 nitrogen and oxygen atoms in total. The fourth-order valence-electron chi connectivity index (χ4n) is 0.483. The Morgan fingerprint density at radius 3 is 2.64 bits per heavy atom. The highest BCUT2D eigenvalue weighted by Gasteiger charge is 2.10. The van der Waals surface area contributed by atoms with Crippen LogP contribution < -0.4 is 11.1 Å². The van der Waals surface area contributed by atoms with Crippen molar-refractivity contribution in [3.05, 3.63) is 0 Å². The largest absolute Gasteiger partial charge is 0.480 e. The van der Waals surface area contributed by atoms with E-state index in [0.29, 0.717) is 0 Å². The molecule has 5 N–H and O–H groups in total. The fourth-order valence-corrected chi connectivity index (χ4v) is 0.483. The van der Waals surface area contributed by atoms with Crippen molar-refractivity contribution >= 4 is 5.97 Å². The summed E-state index contributed by atoms with van der Waals surface area (Å²) in [4.78, 5) is 10.2. The SMILES string of the molecule is C[C@H](NCC(O)CN)C(=O)O. The summed E-state index contributed by atoms with van der Waals surface area (Å²) in [5.74, 6) is -0.936. The second kappa shape index (κ2) is 5.06. The molecule has 0 spiro atoms. The molecule has 0 aromatic rings. The molecule has 0 aromatic carbocycles. The van der Waals surface area contributed by atoms with Gasteiger partial charge in [-0.25, -0.2) is 0 Å². The summed E-state index contributed by atoms with van der Waals surface area (Å²) in [6.45, 7) is 1.86. The van der Waals surface area contributed by atoms with Gasteiger partial charge in [-0.3, -0.25) is 4.79 Å². The lowest BCUT2D eigenvalue weighted by molar-refractivity contribution is -0.139. The van der Waals surface area contributed by atoms with Gasteiger partial charge in [0.25, 0.3) is 0 Å². The summed E-state index contributed by atoms with van der Waals surface area (Å²) >= 11 is 0. The summed E-state index contributed by atoms with van der Waals surface area (Å²) in [5, 5.41) is 19.9. The highest BCUT2D eigenvalue weighted by Crippen LogP contribution is 1.82. The zero-order valence-corrected chi connectivity index (χ0v) is 6.45. The van der Waals surface area contributed by atoms with E-state index < -0.39 is 18.1 Å². The van der Waals surface area contributed by atoms with Crippen LogP contribution in [0.2, 0.25) is 0 Å². The average molecular weight is 162 g/mol. The zero-order valence-electron chi connectivity index (χ0n) is 6.45. The summed E-state index contributed by atoms with van der Waals surface area (Å²) in [6.07, 6.45) is -0.670. The van der Waals surface area contributed by atoms with Crippen LogP contribution in [0.3, 0.4) is 0 Å². The van der Waals surface area contributed by atoms with E-state index in [2.05, 4.69) is 5.32 Å². The normalized spacial score (nSPS) is 15.9. The van der Waals surface area contributed by atoms with Crippen molar-refractivity contribution in [1.29, 1.82) is 0 Å². The lowest BCUT2D eigenvalue weighted by Gasteiger charge is -2.11. The van der Waals surface area contributed by atoms with Gasteiger partial charge in [0.15, 0.2) is 0 Å². The molecule has 0 aliphatic heterocycles.